The van der Waals surface area contributed by atoms with Crippen LogP contribution >= 0.6 is 46.5 Å². The van der Waals surface area contributed by atoms with Gasteiger partial charge in [-0.2, -0.15) is 23.5 Å². The van der Waals surface area contributed by atoms with Crippen molar-refractivity contribution >= 4 is 46.5 Å². The summed E-state index contributed by atoms with van der Waals surface area (Å²) < 4.78 is 0. The van der Waals surface area contributed by atoms with E-state index >= 15 is 0 Å². The summed E-state index contributed by atoms with van der Waals surface area (Å²) >= 11 is 11.8. The lowest BCUT2D eigenvalue weighted by atomic mass is 10.1. The maximum absolute atomic E-state index is 6.30. The molecule has 1 fully saturated rings. The Balaban J connectivity index is 2.13. The van der Waals surface area contributed by atoms with Crippen LogP contribution in [0, 0.1) is 0 Å². The summed E-state index contributed by atoms with van der Waals surface area (Å²) in [4.78, 5) is 1.14. The number of rotatable bonds is 2. The molecule has 3 atom stereocenters. The van der Waals surface area contributed by atoms with Crippen molar-refractivity contribution in [1.29, 1.82) is 0 Å². The highest BCUT2D eigenvalue weighted by atomic mass is 35.5. The fourth-order valence-electron chi connectivity index (χ4n) is 1.74. The topological polar surface area (TPSA) is 26.0 Å². The van der Waals surface area contributed by atoms with Crippen LogP contribution in [0.1, 0.15) is 17.8 Å². The Morgan fingerprint density at radius 3 is 2.80 bits per heavy atom. The van der Waals surface area contributed by atoms with E-state index in [9.17, 15) is 0 Å². The highest BCUT2D eigenvalue weighted by Crippen LogP contribution is 2.40. The maximum atomic E-state index is 6.30. The molecule has 0 bridgehead atoms. The van der Waals surface area contributed by atoms with Crippen LogP contribution in [0.25, 0.3) is 0 Å². The average Bonchev–Trinajstić information content (AvgIpc) is 2.64. The van der Waals surface area contributed by atoms with Gasteiger partial charge in [0.2, 0.25) is 0 Å². The van der Waals surface area contributed by atoms with Crippen molar-refractivity contribution in [3.05, 3.63) is 21.3 Å². The van der Waals surface area contributed by atoms with Crippen LogP contribution in [0.15, 0.2) is 11.4 Å². The molecule has 5 heteroatoms. The molecule has 84 valence electrons. The average molecular weight is 280 g/mol. The van der Waals surface area contributed by atoms with Crippen molar-refractivity contribution in [2.75, 3.05) is 11.5 Å². The second-order valence-corrected chi connectivity index (χ2v) is 7.70. The van der Waals surface area contributed by atoms with E-state index in [1.807, 2.05) is 35.0 Å². The lowest BCUT2D eigenvalue weighted by molar-refractivity contribution is 0.674. The molecule has 3 unspecified atom stereocenters. The third-order valence-corrected chi connectivity index (χ3v) is 7.21. The molecule has 0 aliphatic carbocycles. The predicted octanol–water partition coefficient (Wildman–Crippen LogP) is 3.64. The van der Waals surface area contributed by atoms with E-state index < -0.39 is 0 Å². The van der Waals surface area contributed by atoms with Crippen LogP contribution in [-0.2, 0) is 0 Å². The Morgan fingerprint density at radius 2 is 2.20 bits per heavy atom. The smallest absolute Gasteiger partial charge is 0.0561 e. The zero-order valence-electron chi connectivity index (χ0n) is 8.48. The summed E-state index contributed by atoms with van der Waals surface area (Å²) in [7, 11) is 0. The molecular weight excluding hydrogens is 266 g/mol. The summed E-state index contributed by atoms with van der Waals surface area (Å²) in [6, 6.07) is 2.03. The van der Waals surface area contributed by atoms with Crippen LogP contribution in [0.2, 0.25) is 5.02 Å². The van der Waals surface area contributed by atoms with Crippen LogP contribution in [0.5, 0.6) is 0 Å². The normalized spacial score (nSPS) is 29.0. The molecule has 2 rings (SSSR count). The van der Waals surface area contributed by atoms with Crippen molar-refractivity contribution in [2.24, 2.45) is 5.73 Å². The van der Waals surface area contributed by atoms with Crippen molar-refractivity contribution in [1.82, 2.24) is 0 Å². The van der Waals surface area contributed by atoms with Crippen LogP contribution in [0.3, 0.4) is 0 Å². The number of hydrogen-bond acceptors (Lipinski definition) is 4. The Labute approximate surface area is 108 Å². The lowest BCUT2D eigenvalue weighted by Gasteiger charge is -2.32. The number of hydrogen-bond donors (Lipinski definition) is 1. The van der Waals surface area contributed by atoms with E-state index in [0.29, 0.717) is 10.5 Å². The van der Waals surface area contributed by atoms with E-state index in [1.54, 1.807) is 11.3 Å². The predicted molar refractivity (Wildman–Crippen MR) is 74.4 cm³/mol. The van der Waals surface area contributed by atoms with Crippen molar-refractivity contribution in [2.45, 2.75) is 23.5 Å². The van der Waals surface area contributed by atoms with Gasteiger partial charge in [-0.05, 0) is 11.4 Å². The van der Waals surface area contributed by atoms with Gasteiger partial charge in [0.1, 0.15) is 0 Å². The molecule has 1 aliphatic rings. The highest BCUT2D eigenvalue weighted by molar-refractivity contribution is 8.07. The van der Waals surface area contributed by atoms with Gasteiger partial charge in [-0.25, -0.2) is 0 Å². The van der Waals surface area contributed by atoms with Gasteiger partial charge in [0, 0.05) is 26.9 Å². The molecule has 2 heterocycles. The summed E-state index contributed by atoms with van der Waals surface area (Å²) in [5, 5.41) is 3.97. The lowest BCUT2D eigenvalue weighted by Crippen LogP contribution is -2.33. The van der Waals surface area contributed by atoms with E-state index in [2.05, 4.69) is 6.92 Å². The quantitative estimate of drug-likeness (QED) is 0.895. The van der Waals surface area contributed by atoms with Crippen LogP contribution in [0.4, 0.5) is 0 Å². The molecule has 1 nitrogen and oxygen atoms in total. The minimum absolute atomic E-state index is 0.0882. The molecule has 2 N–H and O–H groups in total. The Kier molecular flexibility index (Phi) is 4.30. The molecular formula is C10H14ClNS3. The third-order valence-electron chi connectivity index (χ3n) is 2.54. The monoisotopic (exact) mass is 279 g/mol. The van der Waals surface area contributed by atoms with Crippen LogP contribution < -0.4 is 5.73 Å². The van der Waals surface area contributed by atoms with Gasteiger partial charge in [0.05, 0.1) is 11.1 Å². The van der Waals surface area contributed by atoms with Gasteiger partial charge in [-0.15, -0.1) is 11.3 Å². The summed E-state index contributed by atoms with van der Waals surface area (Å²) in [5.41, 5.74) is 6.30. The fraction of sp³-hybridized carbons (Fsp3) is 0.600. The number of halogens is 1. The summed E-state index contributed by atoms with van der Waals surface area (Å²) in [6.45, 7) is 2.27. The SMILES string of the molecule is CC1SCCSC1C(N)c1sccc1Cl. The highest BCUT2D eigenvalue weighted by Gasteiger charge is 2.30. The summed E-state index contributed by atoms with van der Waals surface area (Å²) in [6.07, 6.45) is 0. The standard InChI is InChI=1S/C10H14ClNS3/c1-6-9(15-5-4-13-6)8(12)10-7(11)2-3-14-10/h2-3,6,8-9H,4-5,12H2,1H3. The minimum atomic E-state index is 0.0882. The first-order chi connectivity index (χ1) is 7.20. The third kappa shape index (κ3) is 2.67. The van der Waals surface area contributed by atoms with Gasteiger partial charge in [-0.3, -0.25) is 0 Å². The minimum Gasteiger partial charge on any atom is -0.322 e. The van der Waals surface area contributed by atoms with E-state index in [4.69, 9.17) is 17.3 Å². The Bertz CT molecular complexity index is 328. The van der Waals surface area contributed by atoms with Gasteiger partial charge in [0.15, 0.2) is 0 Å². The zero-order valence-corrected chi connectivity index (χ0v) is 11.7. The number of nitrogens with two attached hydrogens (primary N) is 1. The molecule has 1 aromatic rings. The van der Waals surface area contributed by atoms with Crippen molar-refractivity contribution in [3.8, 4) is 0 Å². The number of thioether (sulfide) groups is 2. The molecule has 0 radical (unpaired) electrons. The van der Waals surface area contributed by atoms with E-state index in [1.165, 1.54) is 11.5 Å². The van der Waals surface area contributed by atoms with Gasteiger partial charge >= 0.3 is 0 Å². The maximum Gasteiger partial charge on any atom is 0.0561 e. The second-order valence-electron chi connectivity index (χ2n) is 3.57. The zero-order chi connectivity index (χ0) is 10.8. The second kappa shape index (κ2) is 5.32. The molecule has 0 saturated carbocycles. The largest absolute Gasteiger partial charge is 0.322 e. The molecule has 15 heavy (non-hydrogen) atoms. The Morgan fingerprint density at radius 1 is 1.47 bits per heavy atom. The fourth-order valence-corrected chi connectivity index (χ4v) is 5.91. The van der Waals surface area contributed by atoms with E-state index in [-0.39, 0.29) is 6.04 Å². The molecule has 0 aromatic carbocycles. The molecule has 1 aromatic heterocycles. The molecule has 0 amide bonds. The van der Waals surface area contributed by atoms with Crippen molar-refractivity contribution in [3.63, 3.8) is 0 Å². The molecule has 1 saturated heterocycles. The first-order valence-corrected chi connectivity index (χ1v) is 8.27. The first kappa shape index (κ1) is 12.1. The van der Waals surface area contributed by atoms with Gasteiger partial charge < -0.3 is 5.73 Å². The van der Waals surface area contributed by atoms with E-state index in [0.717, 1.165) is 9.90 Å². The molecule has 1 aliphatic heterocycles. The summed E-state index contributed by atoms with van der Waals surface area (Å²) in [5.74, 6) is 2.45. The van der Waals surface area contributed by atoms with Gasteiger partial charge in [-0.1, -0.05) is 18.5 Å². The number of thiophene rings is 1. The molecule has 0 spiro atoms. The Hall–Kier alpha value is 0.650. The van der Waals surface area contributed by atoms with Gasteiger partial charge in [0.25, 0.3) is 0 Å². The van der Waals surface area contributed by atoms with Crippen molar-refractivity contribution < 1.29 is 0 Å². The van der Waals surface area contributed by atoms with Crippen LogP contribution in [-0.4, -0.2) is 22.0 Å². The first-order valence-electron chi connectivity index (χ1n) is 4.92.